The van der Waals surface area contributed by atoms with Crippen LogP contribution in [0.2, 0.25) is 0 Å². The van der Waals surface area contributed by atoms with Crippen LogP contribution in [0.1, 0.15) is 11.1 Å². The minimum atomic E-state index is 0.561. The molecule has 5 nitrogen and oxygen atoms in total. The van der Waals surface area contributed by atoms with Crippen LogP contribution in [0, 0.1) is 22.7 Å². The molecule has 0 saturated heterocycles. The van der Waals surface area contributed by atoms with Gasteiger partial charge in [0.15, 0.2) is 0 Å². The largest absolute Gasteiger partial charge is 0.309 e. The lowest BCUT2D eigenvalue weighted by Crippen LogP contribution is -2.01. The van der Waals surface area contributed by atoms with Crippen LogP contribution >= 0.6 is 0 Å². The molecule has 3 heterocycles. The van der Waals surface area contributed by atoms with Gasteiger partial charge in [-0.1, -0.05) is 103 Å². The number of hydrogen-bond donors (Lipinski definition) is 0. The van der Waals surface area contributed by atoms with Crippen molar-refractivity contribution in [1.29, 1.82) is 10.5 Å². The summed E-state index contributed by atoms with van der Waals surface area (Å²) in [5.41, 5.74) is 12.6. The molecule has 0 bridgehead atoms. The number of fused-ring (bicyclic) bond motifs is 9. The maximum Gasteiger partial charge on any atom is 0.0998 e. The van der Waals surface area contributed by atoms with Crippen molar-refractivity contribution in [2.45, 2.75) is 0 Å². The summed E-state index contributed by atoms with van der Waals surface area (Å²) < 4.78 is 6.96. The summed E-state index contributed by atoms with van der Waals surface area (Å²) >= 11 is 0. The predicted octanol–water partition coefficient (Wildman–Crippen LogP) is 12.4. The monoisotopic (exact) mass is 699 g/mol. The number of nitrogens with zero attached hydrogens (tertiary/aromatic N) is 5. The zero-order chi connectivity index (χ0) is 36.6. The first-order valence-electron chi connectivity index (χ1n) is 18.3. The van der Waals surface area contributed by atoms with Crippen LogP contribution in [0.3, 0.4) is 0 Å². The van der Waals surface area contributed by atoms with Gasteiger partial charge in [-0.15, -0.1) is 0 Å². The van der Waals surface area contributed by atoms with Gasteiger partial charge in [-0.3, -0.25) is 0 Å². The van der Waals surface area contributed by atoms with Gasteiger partial charge < -0.3 is 13.7 Å². The molecule has 0 atom stereocenters. The molecule has 254 valence electrons. The van der Waals surface area contributed by atoms with Gasteiger partial charge in [0.1, 0.15) is 0 Å². The Bertz CT molecular complexity index is 3420. The summed E-state index contributed by atoms with van der Waals surface area (Å²) in [6, 6.07) is 66.0. The van der Waals surface area contributed by atoms with Gasteiger partial charge in [0.25, 0.3) is 0 Å². The molecule has 0 spiro atoms. The van der Waals surface area contributed by atoms with Crippen LogP contribution < -0.4 is 0 Å². The van der Waals surface area contributed by atoms with E-state index in [4.69, 9.17) is 0 Å². The maximum atomic E-state index is 10.3. The molecule has 0 saturated carbocycles. The lowest BCUT2D eigenvalue weighted by Gasteiger charge is -2.16. The van der Waals surface area contributed by atoms with Crippen LogP contribution in [0.15, 0.2) is 176 Å². The molecule has 0 aliphatic heterocycles. The van der Waals surface area contributed by atoms with Crippen LogP contribution in [0.25, 0.3) is 93.6 Å². The van der Waals surface area contributed by atoms with Crippen molar-refractivity contribution in [1.82, 2.24) is 13.7 Å². The Morgan fingerprint density at radius 1 is 0.364 bits per heavy atom. The van der Waals surface area contributed by atoms with E-state index in [0.717, 1.165) is 72.1 Å². The molecule has 11 rings (SSSR count). The van der Waals surface area contributed by atoms with E-state index in [-0.39, 0.29) is 0 Å². The summed E-state index contributed by atoms with van der Waals surface area (Å²) in [4.78, 5) is 0. The minimum Gasteiger partial charge on any atom is -0.309 e. The van der Waals surface area contributed by atoms with Gasteiger partial charge in [-0.25, -0.2) is 0 Å². The highest BCUT2D eigenvalue weighted by Gasteiger charge is 2.21. The van der Waals surface area contributed by atoms with E-state index in [1.807, 2.05) is 42.5 Å². The molecule has 8 aromatic carbocycles. The van der Waals surface area contributed by atoms with Gasteiger partial charge in [-0.05, 0) is 83.9 Å². The fraction of sp³-hybridized carbons (Fsp3) is 0. The molecule has 0 fully saturated rings. The zero-order valence-electron chi connectivity index (χ0n) is 29.5. The number of aromatic nitrogens is 3. The van der Waals surface area contributed by atoms with Gasteiger partial charge in [0, 0.05) is 43.7 Å². The minimum absolute atomic E-state index is 0.561. The number of hydrogen-bond acceptors (Lipinski definition) is 2. The normalized spacial score (nSPS) is 11.6. The molecule has 11 aromatic rings. The number of rotatable bonds is 4. The van der Waals surface area contributed by atoms with Crippen molar-refractivity contribution < 1.29 is 0 Å². The van der Waals surface area contributed by atoms with Crippen LogP contribution in [-0.4, -0.2) is 13.7 Å². The predicted molar refractivity (Wildman–Crippen MR) is 224 cm³/mol. The molecule has 0 N–H and O–H groups in total. The Hall–Kier alpha value is -7.86. The van der Waals surface area contributed by atoms with E-state index in [0.29, 0.717) is 11.1 Å². The smallest absolute Gasteiger partial charge is 0.0998 e. The third-order valence-corrected chi connectivity index (χ3v) is 11.1. The molecule has 3 aromatic heterocycles. The topological polar surface area (TPSA) is 62.4 Å². The molecule has 0 aliphatic carbocycles. The van der Waals surface area contributed by atoms with E-state index < -0.39 is 0 Å². The van der Waals surface area contributed by atoms with Crippen LogP contribution in [0.5, 0.6) is 0 Å². The van der Waals surface area contributed by atoms with Gasteiger partial charge in [0.2, 0.25) is 0 Å². The van der Waals surface area contributed by atoms with E-state index in [2.05, 4.69) is 159 Å². The second kappa shape index (κ2) is 11.8. The average Bonchev–Trinajstić information content (AvgIpc) is 3.89. The number of benzene rings is 8. The molecule has 0 radical (unpaired) electrons. The molecule has 0 aliphatic rings. The first-order chi connectivity index (χ1) is 27.2. The lowest BCUT2D eigenvalue weighted by molar-refractivity contribution is 1.13. The molecule has 0 unspecified atom stereocenters. The van der Waals surface area contributed by atoms with Crippen molar-refractivity contribution in [3.05, 3.63) is 187 Å². The Morgan fingerprint density at radius 3 is 1.60 bits per heavy atom. The highest BCUT2D eigenvalue weighted by atomic mass is 15.1. The van der Waals surface area contributed by atoms with E-state index in [1.165, 1.54) is 21.5 Å². The van der Waals surface area contributed by atoms with Crippen molar-refractivity contribution >= 4 is 65.4 Å². The highest BCUT2D eigenvalue weighted by molar-refractivity contribution is 6.15. The van der Waals surface area contributed by atoms with Gasteiger partial charge in [-0.2, -0.15) is 10.5 Å². The quantitative estimate of drug-likeness (QED) is 0.184. The fourth-order valence-corrected chi connectivity index (χ4v) is 8.82. The SMILES string of the molecule is N#Cc1cc(-c2cccc(-n3c4ccccc4c4cccc(-n5c6ccccc6c6ccccc65)c43)c2)cc(-n2c3ccccc3c3c(C#N)cccc32)c1. The third kappa shape index (κ3) is 4.45. The Morgan fingerprint density at radius 2 is 0.909 bits per heavy atom. The summed E-state index contributed by atoms with van der Waals surface area (Å²) in [7, 11) is 0. The van der Waals surface area contributed by atoms with Crippen molar-refractivity contribution in [2.24, 2.45) is 0 Å². The first kappa shape index (κ1) is 30.7. The van der Waals surface area contributed by atoms with Crippen LogP contribution in [0.4, 0.5) is 0 Å². The second-order valence-electron chi connectivity index (χ2n) is 14.0. The standard InChI is InChI=1S/C50H29N5/c51-30-32-26-35(29-37(27-32)53-46-23-8-4-18-42(46)49-34(31-52)13-10-24-47(49)53)33-12-9-14-36(28-33)54-43-20-5-3-17-40(43)41-19-11-25-48(50(41)54)55-44-21-6-1-15-38(44)39-16-2-7-22-45(39)55/h1-29H. The summed E-state index contributed by atoms with van der Waals surface area (Å²) in [5.74, 6) is 0. The van der Waals surface area contributed by atoms with Crippen molar-refractivity contribution in [3.8, 4) is 40.3 Å². The number of para-hydroxylation sites is 5. The third-order valence-electron chi connectivity index (χ3n) is 11.1. The fourth-order valence-electron chi connectivity index (χ4n) is 8.82. The Kier molecular flexibility index (Phi) is 6.61. The molecular formula is C50H29N5. The average molecular weight is 700 g/mol. The van der Waals surface area contributed by atoms with Crippen molar-refractivity contribution in [3.63, 3.8) is 0 Å². The zero-order valence-corrected chi connectivity index (χ0v) is 29.5. The molecule has 5 heteroatoms. The van der Waals surface area contributed by atoms with Crippen molar-refractivity contribution in [2.75, 3.05) is 0 Å². The molecular weight excluding hydrogens is 671 g/mol. The highest BCUT2D eigenvalue weighted by Crippen LogP contribution is 2.41. The van der Waals surface area contributed by atoms with Gasteiger partial charge >= 0.3 is 0 Å². The first-order valence-corrected chi connectivity index (χ1v) is 18.3. The maximum absolute atomic E-state index is 10.3. The molecule has 55 heavy (non-hydrogen) atoms. The summed E-state index contributed by atoms with van der Waals surface area (Å²) in [6.45, 7) is 0. The molecule has 0 amide bonds. The summed E-state index contributed by atoms with van der Waals surface area (Å²) in [6.07, 6.45) is 0. The lowest BCUT2D eigenvalue weighted by atomic mass is 10.0. The van der Waals surface area contributed by atoms with Gasteiger partial charge in [0.05, 0.1) is 62.1 Å². The second-order valence-corrected chi connectivity index (χ2v) is 14.0. The van der Waals surface area contributed by atoms with E-state index in [9.17, 15) is 10.5 Å². The van der Waals surface area contributed by atoms with Crippen LogP contribution in [-0.2, 0) is 0 Å². The Labute approximate surface area is 316 Å². The summed E-state index contributed by atoms with van der Waals surface area (Å²) in [5, 5.41) is 27.1. The number of nitriles is 2. The van der Waals surface area contributed by atoms with E-state index >= 15 is 0 Å². The Balaban J connectivity index is 1.16. The van der Waals surface area contributed by atoms with E-state index in [1.54, 1.807) is 0 Å².